The Labute approximate surface area is 140 Å². The summed E-state index contributed by atoms with van der Waals surface area (Å²) in [5.74, 6) is 0.890. The second-order valence-electron chi connectivity index (χ2n) is 4.44. The van der Waals surface area contributed by atoms with Gasteiger partial charge in [0, 0.05) is 9.35 Å². The first kappa shape index (κ1) is 16.0. The number of aryl methyl sites for hydroxylation is 1. The van der Waals surface area contributed by atoms with Gasteiger partial charge in [0.1, 0.15) is 5.75 Å². The lowest BCUT2D eigenvalue weighted by Crippen LogP contribution is -2.17. The van der Waals surface area contributed by atoms with E-state index in [1.165, 1.54) is 19.8 Å². The number of nitrogens with one attached hydrogen (secondary N) is 1. The molecule has 1 aromatic carbocycles. The van der Waals surface area contributed by atoms with Crippen LogP contribution >= 0.6 is 43.2 Å². The van der Waals surface area contributed by atoms with Crippen molar-refractivity contribution in [2.75, 3.05) is 13.7 Å². The van der Waals surface area contributed by atoms with Crippen LogP contribution in [0.25, 0.3) is 0 Å². The fraction of sp³-hybridized carbons (Fsp3) is 0.333. The topological polar surface area (TPSA) is 21.3 Å². The molecule has 0 amide bonds. The molecule has 0 spiro atoms. The summed E-state index contributed by atoms with van der Waals surface area (Å²) in [5.41, 5.74) is 2.48. The Morgan fingerprint density at radius 2 is 2.05 bits per heavy atom. The summed E-state index contributed by atoms with van der Waals surface area (Å²) < 4.78 is 7.78. The first-order valence-corrected chi connectivity index (χ1v) is 8.82. The van der Waals surface area contributed by atoms with Crippen LogP contribution in [0.1, 0.15) is 29.0 Å². The second kappa shape index (κ2) is 7.07. The first-order valence-electron chi connectivity index (χ1n) is 6.42. The van der Waals surface area contributed by atoms with E-state index in [-0.39, 0.29) is 6.04 Å². The van der Waals surface area contributed by atoms with Gasteiger partial charge in [-0.1, -0.05) is 22.0 Å². The van der Waals surface area contributed by atoms with Crippen LogP contribution < -0.4 is 10.1 Å². The zero-order valence-electron chi connectivity index (χ0n) is 11.7. The maximum absolute atomic E-state index is 5.53. The molecular formula is C15H17Br2NOS. The van der Waals surface area contributed by atoms with Crippen molar-refractivity contribution < 1.29 is 4.74 Å². The van der Waals surface area contributed by atoms with Gasteiger partial charge < -0.3 is 10.1 Å². The van der Waals surface area contributed by atoms with E-state index < -0.39 is 0 Å². The van der Waals surface area contributed by atoms with E-state index in [0.29, 0.717) is 6.61 Å². The second-order valence-corrected chi connectivity index (χ2v) is 7.70. The number of thiophene rings is 1. The lowest BCUT2D eigenvalue weighted by atomic mass is 10.0. The molecule has 1 unspecified atom stereocenters. The average molecular weight is 419 g/mol. The van der Waals surface area contributed by atoms with Crippen LogP contribution in [0.5, 0.6) is 5.75 Å². The predicted molar refractivity (Wildman–Crippen MR) is 93.0 cm³/mol. The fourth-order valence-electron chi connectivity index (χ4n) is 2.08. The molecule has 20 heavy (non-hydrogen) atoms. The summed E-state index contributed by atoms with van der Waals surface area (Å²) in [6, 6.07) is 8.55. The van der Waals surface area contributed by atoms with E-state index in [4.69, 9.17) is 4.74 Å². The van der Waals surface area contributed by atoms with Crippen LogP contribution in [-0.2, 0) is 0 Å². The van der Waals surface area contributed by atoms with Gasteiger partial charge in [-0.25, -0.2) is 0 Å². The number of halogens is 2. The monoisotopic (exact) mass is 417 g/mol. The molecule has 0 bridgehead atoms. The highest BCUT2D eigenvalue weighted by Crippen LogP contribution is 2.37. The molecule has 1 heterocycles. The van der Waals surface area contributed by atoms with Crippen molar-refractivity contribution in [3.05, 3.63) is 48.5 Å². The van der Waals surface area contributed by atoms with Crippen LogP contribution in [0.3, 0.4) is 0 Å². The van der Waals surface area contributed by atoms with Crippen molar-refractivity contribution in [3.63, 3.8) is 0 Å². The fourth-order valence-corrected chi connectivity index (χ4v) is 4.36. The molecule has 1 atom stereocenters. The van der Waals surface area contributed by atoms with Crippen molar-refractivity contribution in [1.82, 2.24) is 5.32 Å². The summed E-state index contributed by atoms with van der Waals surface area (Å²) in [4.78, 5) is 1.29. The van der Waals surface area contributed by atoms with Gasteiger partial charge in [-0.05, 0) is 66.2 Å². The van der Waals surface area contributed by atoms with E-state index in [0.717, 1.165) is 10.2 Å². The number of ether oxygens (including phenoxy) is 1. The minimum atomic E-state index is 0.176. The molecule has 108 valence electrons. The number of rotatable bonds is 5. The lowest BCUT2D eigenvalue weighted by Gasteiger charge is -2.17. The molecule has 1 N–H and O–H groups in total. The summed E-state index contributed by atoms with van der Waals surface area (Å²) in [5, 5.41) is 3.39. The Morgan fingerprint density at radius 3 is 2.55 bits per heavy atom. The van der Waals surface area contributed by atoms with Crippen molar-refractivity contribution in [3.8, 4) is 5.75 Å². The predicted octanol–water partition coefficient (Wildman–Crippen LogP) is 5.29. The van der Waals surface area contributed by atoms with Crippen LogP contribution in [-0.4, -0.2) is 13.7 Å². The Morgan fingerprint density at radius 1 is 1.30 bits per heavy atom. The molecule has 0 saturated carbocycles. The highest BCUT2D eigenvalue weighted by molar-refractivity contribution is 9.11. The first-order chi connectivity index (χ1) is 9.56. The Kier molecular flexibility index (Phi) is 5.66. The molecule has 5 heteroatoms. The highest BCUT2D eigenvalue weighted by atomic mass is 79.9. The van der Waals surface area contributed by atoms with Gasteiger partial charge in [-0.15, -0.1) is 11.3 Å². The quantitative estimate of drug-likeness (QED) is 0.712. The van der Waals surface area contributed by atoms with Gasteiger partial charge in [-0.2, -0.15) is 0 Å². The van der Waals surface area contributed by atoms with Gasteiger partial charge in [-0.3, -0.25) is 0 Å². The van der Waals surface area contributed by atoms with Crippen LogP contribution in [0.4, 0.5) is 0 Å². The Bertz CT molecular complexity index is 578. The summed E-state index contributed by atoms with van der Waals surface area (Å²) in [6.07, 6.45) is 0. The van der Waals surface area contributed by atoms with Crippen LogP contribution in [0.2, 0.25) is 0 Å². The van der Waals surface area contributed by atoms with E-state index in [2.05, 4.69) is 56.2 Å². The largest absolute Gasteiger partial charge is 0.494 e. The van der Waals surface area contributed by atoms with Gasteiger partial charge in [0.2, 0.25) is 0 Å². The molecule has 0 fully saturated rings. The molecule has 0 aliphatic heterocycles. The van der Waals surface area contributed by atoms with Gasteiger partial charge in [0.05, 0.1) is 16.4 Å². The molecule has 2 nitrogen and oxygen atoms in total. The maximum Gasteiger partial charge on any atom is 0.120 e. The zero-order valence-corrected chi connectivity index (χ0v) is 15.7. The van der Waals surface area contributed by atoms with Crippen molar-refractivity contribution in [2.24, 2.45) is 0 Å². The van der Waals surface area contributed by atoms with E-state index in [9.17, 15) is 0 Å². The lowest BCUT2D eigenvalue weighted by molar-refractivity contribution is 0.340. The molecule has 0 saturated heterocycles. The zero-order chi connectivity index (χ0) is 14.7. The summed E-state index contributed by atoms with van der Waals surface area (Å²) in [7, 11) is 1.98. The standard InChI is InChI=1S/C15H17Br2NOS/c1-4-19-10-5-6-11(12(16)8-10)14(18-3)13-7-9(2)15(17)20-13/h5-8,14,18H,4H2,1-3H3. The molecular weight excluding hydrogens is 402 g/mol. The van der Waals surface area contributed by atoms with Gasteiger partial charge in [0.25, 0.3) is 0 Å². The third kappa shape index (κ3) is 3.45. The SMILES string of the molecule is CCOc1ccc(C(NC)c2cc(C)c(Br)s2)c(Br)c1. The van der Waals surface area contributed by atoms with Crippen LogP contribution in [0, 0.1) is 6.92 Å². The van der Waals surface area contributed by atoms with Crippen LogP contribution in [0.15, 0.2) is 32.5 Å². The number of benzene rings is 1. The number of hydrogen-bond donors (Lipinski definition) is 1. The minimum Gasteiger partial charge on any atom is -0.494 e. The maximum atomic E-state index is 5.53. The van der Waals surface area contributed by atoms with E-state index in [1.807, 2.05) is 26.1 Å². The third-order valence-corrected chi connectivity index (χ3v) is 5.93. The molecule has 1 aromatic heterocycles. The van der Waals surface area contributed by atoms with E-state index >= 15 is 0 Å². The third-order valence-electron chi connectivity index (χ3n) is 3.04. The number of hydrogen-bond acceptors (Lipinski definition) is 3. The summed E-state index contributed by atoms with van der Waals surface area (Å²) >= 11 is 9.02. The molecule has 0 aliphatic carbocycles. The molecule has 2 aromatic rings. The molecule has 0 radical (unpaired) electrons. The molecule has 0 aliphatic rings. The Hall–Kier alpha value is -0.360. The Balaban J connectivity index is 2.36. The van der Waals surface area contributed by atoms with Crippen molar-refractivity contribution >= 4 is 43.2 Å². The van der Waals surface area contributed by atoms with E-state index in [1.54, 1.807) is 11.3 Å². The molecule has 2 rings (SSSR count). The van der Waals surface area contributed by atoms with Crippen molar-refractivity contribution in [2.45, 2.75) is 19.9 Å². The normalized spacial score (nSPS) is 12.4. The van der Waals surface area contributed by atoms with Gasteiger partial charge >= 0.3 is 0 Å². The van der Waals surface area contributed by atoms with Crippen molar-refractivity contribution in [1.29, 1.82) is 0 Å². The smallest absolute Gasteiger partial charge is 0.120 e. The highest BCUT2D eigenvalue weighted by Gasteiger charge is 2.18. The minimum absolute atomic E-state index is 0.176. The summed E-state index contributed by atoms with van der Waals surface area (Å²) in [6.45, 7) is 4.78. The average Bonchev–Trinajstić information content (AvgIpc) is 2.73. The van der Waals surface area contributed by atoms with Gasteiger partial charge in [0.15, 0.2) is 0 Å².